The largest absolute Gasteiger partial charge is 0.444 e. The Hall–Kier alpha value is -3.54. The van der Waals surface area contributed by atoms with E-state index >= 15 is 0 Å². The van der Waals surface area contributed by atoms with Crippen molar-refractivity contribution < 1.29 is 32.2 Å². The molecule has 44 heavy (non-hydrogen) atoms. The van der Waals surface area contributed by atoms with Gasteiger partial charge in [0.2, 0.25) is 0 Å². The molecule has 0 radical (unpaired) electrons. The number of carbonyl (C=O) groups is 2. The van der Waals surface area contributed by atoms with Crippen LogP contribution < -0.4 is 10.2 Å². The van der Waals surface area contributed by atoms with Gasteiger partial charge in [0, 0.05) is 63.0 Å². The average molecular weight is 618 g/mol. The molecule has 3 fully saturated rings. The van der Waals surface area contributed by atoms with Crippen LogP contribution in [0.5, 0.6) is 0 Å². The van der Waals surface area contributed by atoms with Gasteiger partial charge in [-0.2, -0.15) is 13.2 Å². The summed E-state index contributed by atoms with van der Waals surface area (Å²) in [6.07, 6.45) is -4.34. The monoisotopic (exact) mass is 617 g/mol. The standard InChI is InChI=1S/C32H42F3N5O4/c1-21-5-6-25(36-29(41)39-9-7-22(19-39)18-32(33,34)35)17-26(21)24-15-27(37-28(16-24)38-11-13-43-14-12-38)23-8-10-40(20-23)30(42)44-31(2,3)4/h5-6,15-17,22-23H,7-14,18-20H2,1-4H3,(H,36,41). The van der Waals surface area contributed by atoms with Gasteiger partial charge in [-0.05, 0) is 87.4 Å². The predicted octanol–water partition coefficient (Wildman–Crippen LogP) is 6.42. The molecule has 0 saturated carbocycles. The molecule has 1 aromatic heterocycles. The molecule has 0 spiro atoms. The van der Waals surface area contributed by atoms with Gasteiger partial charge in [0.15, 0.2) is 0 Å². The fourth-order valence-corrected chi connectivity index (χ4v) is 6.07. The number of morpholine rings is 1. The van der Waals surface area contributed by atoms with Crippen molar-refractivity contribution in [1.82, 2.24) is 14.8 Å². The Labute approximate surface area is 256 Å². The number of pyridine rings is 1. The van der Waals surface area contributed by atoms with Crippen LogP contribution in [0, 0.1) is 12.8 Å². The number of ether oxygens (including phenoxy) is 2. The molecule has 2 atom stereocenters. The number of nitrogens with one attached hydrogen (secondary N) is 1. The zero-order valence-electron chi connectivity index (χ0n) is 25.9. The molecular formula is C32H42F3N5O4. The van der Waals surface area contributed by atoms with Gasteiger partial charge in [0.1, 0.15) is 11.4 Å². The summed E-state index contributed by atoms with van der Waals surface area (Å²) in [5.41, 5.74) is 3.73. The van der Waals surface area contributed by atoms with Crippen molar-refractivity contribution in [2.45, 2.75) is 64.7 Å². The number of rotatable bonds is 5. The summed E-state index contributed by atoms with van der Waals surface area (Å²) in [6, 6.07) is 9.34. The van der Waals surface area contributed by atoms with Crippen LogP contribution in [0.2, 0.25) is 0 Å². The Bertz CT molecular complexity index is 1360. The average Bonchev–Trinajstić information content (AvgIpc) is 3.63. The fourth-order valence-electron chi connectivity index (χ4n) is 6.07. The normalized spacial score (nSPS) is 21.1. The number of hydrogen-bond donors (Lipinski definition) is 1. The van der Waals surface area contributed by atoms with E-state index in [2.05, 4.69) is 16.3 Å². The molecule has 9 nitrogen and oxygen atoms in total. The van der Waals surface area contributed by atoms with Gasteiger partial charge in [-0.15, -0.1) is 0 Å². The molecule has 0 aliphatic carbocycles. The lowest BCUT2D eigenvalue weighted by Gasteiger charge is -2.29. The molecule has 2 unspecified atom stereocenters. The Morgan fingerprint density at radius 3 is 2.43 bits per heavy atom. The summed E-state index contributed by atoms with van der Waals surface area (Å²) in [5.74, 6) is 0.286. The Morgan fingerprint density at radius 2 is 1.73 bits per heavy atom. The molecule has 4 heterocycles. The highest BCUT2D eigenvalue weighted by Crippen LogP contribution is 2.35. The van der Waals surface area contributed by atoms with Gasteiger partial charge in [-0.3, -0.25) is 0 Å². The minimum atomic E-state index is -4.24. The minimum Gasteiger partial charge on any atom is -0.444 e. The second-order valence-electron chi connectivity index (χ2n) is 13.0. The highest BCUT2D eigenvalue weighted by Gasteiger charge is 2.37. The lowest BCUT2D eigenvalue weighted by molar-refractivity contribution is -0.143. The first kappa shape index (κ1) is 31.9. The van der Waals surface area contributed by atoms with Crippen molar-refractivity contribution in [2.75, 3.05) is 62.7 Å². The lowest BCUT2D eigenvalue weighted by Crippen LogP contribution is -2.37. The van der Waals surface area contributed by atoms with E-state index in [0.29, 0.717) is 58.0 Å². The number of alkyl halides is 3. The predicted molar refractivity (Wildman–Crippen MR) is 162 cm³/mol. The summed E-state index contributed by atoms with van der Waals surface area (Å²) in [4.78, 5) is 36.2. The molecule has 3 aliphatic rings. The quantitative estimate of drug-likeness (QED) is 0.417. The third-order valence-electron chi connectivity index (χ3n) is 8.32. The number of carbonyl (C=O) groups excluding carboxylic acids is 2. The number of hydrogen-bond acceptors (Lipinski definition) is 6. The van der Waals surface area contributed by atoms with Crippen molar-refractivity contribution in [3.8, 4) is 11.1 Å². The van der Waals surface area contributed by atoms with Crippen LogP contribution in [0.4, 0.5) is 34.3 Å². The number of likely N-dealkylation sites (tertiary alicyclic amines) is 2. The number of aromatic nitrogens is 1. The molecule has 240 valence electrons. The van der Waals surface area contributed by atoms with E-state index in [1.165, 1.54) is 4.90 Å². The highest BCUT2D eigenvalue weighted by atomic mass is 19.4. The third-order valence-corrected chi connectivity index (χ3v) is 8.32. The van der Waals surface area contributed by atoms with E-state index in [0.717, 1.165) is 34.6 Å². The van der Waals surface area contributed by atoms with Gasteiger partial charge in [0.25, 0.3) is 0 Å². The van der Waals surface area contributed by atoms with E-state index in [1.54, 1.807) is 11.0 Å². The summed E-state index contributed by atoms with van der Waals surface area (Å²) < 4.78 is 49.7. The van der Waals surface area contributed by atoms with Crippen molar-refractivity contribution in [1.29, 1.82) is 0 Å². The molecule has 1 aromatic carbocycles. The first-order chi connectivity index (χ1) is 20.7. The zero-order valence-corrected chi connectivity index (χ0v) is 25.9. The maximum Gasteiger partial charge on any atom is 0.410 e. The number of anilines is 2. The number of halogens is 3. The maximum atomic E-state index is 13.0. The number of aryl methyl sites for hydroxylation is 1. The molecule has 2 aromatic rings. The van der Waals surface area contributed by atoms with Crippen LogP contribution in [-0.2, 0) is 9.47 Å². The minimum absolute atomic E-state index is 0.0326. The van der Waals surface area contributed by atoms with Crippen LogP contribution in [0.3, 0.4) is 0 Å². The second kappa shape index (κ2) is 12.8. The fraction of sp³-hybridized carbons (Fsp3) is 0.594. The topological polar surface area (TPSA) is 87.2 Å². The summed E-state index contributed by atoms with van der Waals surface area (Å²) in [5, 5.41) is 2.89. The zero-order chi connectivity index (χ0) is 31.6. The molecule has 12 heteroatoms. The Morgan fingerprint density at radius 1 is 1.00 bits per heavy atom. The van der Waals surface area contributed by atoms with Crippen LogP contribution in [0.25, 0.3) is 11.1 Å². The van der Waals surface area contributed by atoms with Crippen LogP contribution >= 0.6 is 0 Å². The number of benzene rings is 1. The summed E-state index contributed by atoms with van der Waals surface area (Å²) in [6.45, 7) is 11.7. The molecule has 3 amide bonds. The van der Waals surface area contributed by atoms with Crippen LogP contribution in [0.1, 0.15) is 57.2 Å². The molecule has 1 N–H and O–H groups in total. The molecule has 5 rings (SSSR count). The molecule has 3 saturated heterocycles. The number of urea groups is 1. The van der Waals surface area contributed by atoms with E-state index < -0.39 is 30.1 Å². The summed E-state index contributed by atoms with van der Waals surface area (Å²) >= 11 is 0. The van der Waals surface area contributed by atoms with E-state index in [-0.39, 0.29) is 18.6 Å². The SMILES string of the molecule is Cc1ccc(NC(=O)N2CCC(CC(F)(F)F)C2)cc1-c1cc(C2CCN(C(=O)OC(C)(C)C)C2)nc(N2CCOCC2)c1. The van der Waals surface area contributed by atoms with Crippen molar-refractivity contribution in [2.24, 2.45) is 5.92 Å². The Kier molecular flexibility index (Phi) is 9.29. The second-order valence-corrected chi connectivity index (χ2v) is 13.0. The summed E-state index contributed by atoms with van der Waals surface area (Å²) in [7, 11) is 0. The van der Waals surface area contributed by atoms with Crippen LogP contribution in [0.15, 0.2) is 30.3 Å². The van der Waals surface area contributed by atoms with Gasteiger partial charge >= 0.3 is 18.3 Å². The first-order valence-corrected chi connectivity index (χ1v) is 15.3. The van der Waals surface area contributed by atoms with Crippen molar-refractivity contribution in [3.05, 3.63) is 41.6 Å². The van der Waals surface area contributed by atoms with Crippen molar-refractivity contribution in [3.63, 3.8) is 0 Å². The lowest BCUT2D eigenvalue weighted by atomic mass is 9.96. The first-order valence-electron chi connectivity index (χ1n) is 15.3. The van der Waals surface area contributed by atoms with Gasteiger partial charge < -0.3 is 29.5 Å². The molecular weight excluding hydrogens is 575 g/mol. The van der Waals surface area contributed by atoms with E-state index in [4.69, 9.17) is 14.5 Å². The third kappa shape index (κ3) is 8.13. The highest BCUT2D eigenvalue weighted by molar-refractivity contribution is 5.90. The van der Waals surface area contributed by atoms with Gasteiger partial charge in [-0.25, -0.2) is 14.6 Å². The van der Waals surface area contributed by atoms with E-state index in [1.807, 2.05) is 45.9 Å². The van der Waals surface area contributed by atoms with E-state index in [9.17, 15) is 22.8 Å². The van der Waals surface area contributed by atoms with Crippen LogP contribution in [-0.4, -0.2) is 91.2 Å². The van der Waals surface area contributed by atoms with Gasteiger partial charge in [-0.1, -0.05) is 6.07 Å². The Balaban J connectivity index is 1.38. The molecule has 0 bridgehead atoms. The van der Waals surface area contributed by atoms with Crippen molar-refractivity contribution >= 4 is 23.6 Å². The number of amides is 3. The van der Waals surface area contributed by atoms with Gasteiger partial charge in [0.05, 0.1) is 13.2 Å². The smallest absolute Gasteiger partial charge is 0.410 e. The molecule has 3 aliphatic heterocycles. The maximum absolute atomic E-state index is 13.0. The number of nitrogens with zero attached hydrogens (tertiary/aromatic N) is 4.